The van der Waals surface area contributed by atoms with Crippen LogP contribution in [0.25, 0.3) is 20.7 Å². The molecule has 0 spiro atoms. The van der Waals surface area contributed by atoms with Crippen LogP contribution in [0.4, 0.5) is 20.3 Å². The maximum atomic E-state index is 13.6. The predicted octanol–water partition coefficient (Wildman–Crippen LogP) is 4.98. The molecule has 0 fully saturated rings. The molecule has 4 aromatic rings. The molecule has 2 amide bonds. The number of carbonyl (C=O) groups excluding carboxylic acids is 2. The highest BCUT2D eigenvalue weighted by Crippen LogP contribution is 2.44. The first-order chi connectivity index (χ1) is 16.5. The van der Waals surface area contributed by atoms with Gasteiger partial charge < -0.3 is 21.2 Å². The number of thiophene rings is 2. The summed E-state index contributed by atoms with van der Waals surface area (Å²) in [7, 11) is 0. The molecule has 0 aliphatic heterocycles. The van der Waals surface area contributed by atoms with Crippen LogP contribution in [0.1, 0.15) is 45.3 Å². The van der Waals surface area contributed by atoms with Gasteiger partial charge in [-0.25, -0.2) is 13.8 Å². The molecule has 10 nitrogen and oxygen atoms in total. The van der Waals surface area contributed by atoms with E-state index in [2.05, 4.69) is 15.4 Å². The van der Waals surface area contributed by atoms with Gasteiger partial charge in [0.25, 0.3) is 18.2 Å². The fourth-order valence-electron chi connectivity index (χ4n) is 3.59. The number of primary amides is 1. The quantitative estimate of drug-likeness (QED) is 0.259. The largest absolute Gasteiger partial charge is 0.390 e. The number of nitrogens with one attached hydrogen (secondary N) is 1. The molecule has 0 aromatic carbocycles. The molecule has 182 valence electrons. The number of halogens is 2. The van der Waals surface area contributed by atoms with Gasteiger partial charge in [0.05, 0.1) is 22.5 Å². The standard InChI is InChI=1S/C21H18F2N6O4S2/c1-8-6-14(29(32)33)27-28(8)10(3)20(31)26-16-15-11(13-5-4-9(2)34-13)7-12(18(22)23)25-21(15)35-17(16)19(24)30/h4-7,10,18H,1-3H3,(H2,24,30)(H,26,31). The Morgan fingerprint density at radius 3 is 2.49 bits per heavy atom. The van der Waals surface area contributed by atoms with Gasteiger partial charge in [-0.3, -0.25) is 9.59 Å². The molecule has 0 saturated heterocycles. The minimum Gasteiger partial charge on any atom is -0.365 e. The van der Waals surface area contributed by atoms with Crippen molar-refractivity contribution in [2.75, 3.05) is 5.32 Å². The third-order valence-electron chi connectivity index (χ3n) is 5.23. The number of nitrogens with zero attached hydrogens (tertiary/aromatic N) is 4. The van der Waals surface area contributed by atoms with E-state index >= 15 is 0 Å². The second kappa shape index (κ2) is 9.11. The van der Waals surface area contributed by atoms with Gasteiger partial charge in [-0.15, -0.1) is 22.7 Å². The Morgan fingerprint density at radius 2 is 1.94 bits per heavy atom. The molecule has 35 heavy (non-hydrogen) atoms. The molecule has 4 heterocycles. The lowest BCUT2D eigenvalue weighted by molar-refractivity contribution is -0.389. The van der Waals surface area contributed by atoms with Crippen LogP contribution in [0.2, 0.25) is 0 Å². The maximum Gasteiger partial charge on any atom is 0.390 e. The fourth-order valence-corrected chi connectivity index (χ4v) is 5.49. The molecular weight excluding hydrogens is 502 g/mol. The van der Waals surface area contributed by atoms with Gasteiger partial charge in [-0.05, 0) is 43.9 Å². The van der Waals surface area contributed by atoms with Gasteiger partial charge in [0.15, 0.2) is 0 Å². The summed E-state index contributed by atoms with van der Waals surface area (Å²) in [5.41, 5.74) is 5.87. The van der Waals surface area contributed by atoms with E-state index in [0.717, 1.165) is 16.2 Å². The van der Waals surface area contributed by atoms with E-state index in [9.17, 15) is 28.5 Å². The number of hydrogen-bond acceptors (Lipinski definition) is 8. The summed E-state index contributed by atoms with van der Waals surface area (Å²) in [5, 5.41) is 17.9. The number of nitro groups is 1. The summed E-state index contributed by atoms with van der Waals surface area (Å²) in [6, 6.07) is 5.04. The van der Waals surface area contributed by atoms with Crippen molar-refractivity contribution in [3.8, 4) is 10.4 Å². The van der Waals surface area contributed by atoms with Crippen molar-refractivity contribution in [2.45, 2.75) is 33.2 Å². The first kappa shape index (κ1) is 24.3. The van der Waals surface area contributed by atoms with Crippen LogP contribution in [-0.4, -0.2) is 31.5 Å². The minimum atomic E-state index is -2.85. The van der Waals surface area contributed by atoms with Crippen molar-refractivity contribution in [1.29, 1.82) is 0 Å². The number of aryl methyl sites for hydroxylation is 2. The monoisotopic (exact) mass is 520 g/mol. The Bertz CT molecular complexity index is 1490. The Morgan fingerprint density at radius 1 is 1.23 bits per heavy atom. The molecule has 0 bridgehead atoms. The van der Waals surface area contributed by atoms with Crippen LogP contribution in [-0.2, 0) is 4.79 Å². The van der Waals surface area contributed by atoms with Crippen molar-refractivity contribution in [2.24, 2.45) is 5.73 Å². The normalized spacial score (nSPS) is 12.3. The zero-order valence-electron chi connectivity index (χ0n) is 18.5. The molecule has 0 radical (unpaired) electrons. The third-order valence-corrected chi connectivity index (χ3v) is 7.36. The molecule has 0 saturated carbocycles. The van der Waals surface area contributed by atoms with Crippen molar-refractivity contribution >= 4 is 56.2 Å². The number of hydrogen-bond donors (Lipinski definition) is 2. The lowest BCUT2D eigenvalue weighted by atomic mass is 10.1. The Labute approximate surface area is 204 Å². The molecule has 3 N–H and O–H groups in total. The number of aromatic nitrogens is 3. The molecule has 4 rings (SSSR count). The summed E-state index contributed by atoms with van der Waals surface area (Å²) in [6.07, 6.45) is -2.85. The SMILES string of the molecule is Cc1ccc(-c2cc(C(F)F)nc3sc(C(N)=O)c(NC(=O)C(C)n4nc([N+](=O)[O-])cc4C)c23)s1. The van der Waals surface area contributed by atoms with Crippen molar-refractivity contribution in [1.82, 2.24) is 14.8 Å². The predicted molar refractivity (Wildman–Crippen MR) is 128 cm³/mol. The highest BCUT2D eigenvalue weighted by atomic mass is 32.1. The van der Waals surface area contributed by atoms with Crippen LogP contribution >= 0.6 is 22.7 Å². The summed E-state index contributed by atoms with van der Waals surface area (Å²) in [5.74, 6) is -1.92. The van der Waals surface area contributed by atoms with Crippen molar-refractivity contribution < 1.29 is 23.3 Å². The Hall–Kier alpha value is -3.78. The highest BCUT2D eigenvalue weighted by molar-refractivity contribution is 7.21. The van der Waals surface area contributed by atoms with E-state index in [4.69, 9.17) is 5.73 Å². The fraction of sp³-hybridized carbons (Fsp3) is 0.238. The number of anilines is 1. The molecule has 14 heteroatoms. The summed E-state index contributed by atoms with van der Waals surface area (Å²) >= 11 is 2.16. The highest BCUT2D eigenvalue weighted by Gasteiger charge is 2.29. The topological polar surface area (TPSA) is 146 Å². The first-order valence-electron chi connectivity index (χ1n) is 10.1. The second-order valence-electron chi connectivity index (χ2n) is 7.67. The summed E-state index contributed by atoms with van der Waals surface area (Å²) < 4.78 is 28.4. The van der Waals surface area contributed by atoms with Gasteiger partial charge in [-0.2, -0.15) is 4.68 Å². The van der Waals surface area contributed by atoms with Crippen LogP contribution < -0.4 is 11.1 Å². The molecule has 0 aliphatic rings. The number of alkyl halides is 2. The van der Waals surface area contributed by atoms with E-state index in [1.54, 1.807) is 13.0 Å². The van der Waals surface area contributed by atoms with E-state index in [1.165, 1.54) is 35.1 Å². The smallest absolute Gasteiger partial charge is 0.365 e. The van der Waals surface area contributed by atoms with Gasteiger partial charge in [0.2, 0.25) is 0 Å². The van der Waals surface area contributed by atoms with E-state index in [1.807, 2.05) is 13.0 Å². The zero-order chi connectivity index (χ0) is 25.6. The summed E-state index contributed by atoms with van der Waals surface area (Å²) in [6.45, 7) is 4.90. The Balaban J connectivity index is 1.86. The number of nitrogens with two attached hydrogens (primary N) is 1. The van der Waals surface area contributed by atoms with Crippen LogP contribution in [0.15, 0.2) is 24.3 Å². The van der Waals surface area contributed by atoms with Crippen molar-refractivity contribution in [3.05, 3.63) is 55.5 Å². The van der Waals surface area contributed by atoms with Gasteiger partial charge in [0.1, 0.15) is 21.4 Å². The first-order valence-corrected chi connectivity index (χ1v) is 11.7. The van der Waals surface area contributed by atoms with Crippen LogP contribution in [0.3, 0.4) is 0 Å². The number of amides is 2. The third kappa shape index (κ3) is 4.49. The van der Waals surface area contributed by atoms with E-state index in [-0.39, 0.29) is 15.4 Å². The van der Waals surface area contributed by atoms with E-state index in [0.29, 0.717) is 21.5 Å². The van der Waals surface area contributed by atoms with Crippen molar-refractivity contribution in [3.63, 3.8) is 0 Å². The average Bonchev–Trinajstić information content (AvgIpc) is 3.49. The van der Waals surface area contributed by atoms with Gasteiger partial charge >= 0.3 is 5.82 Å². The number of pyridine rings is 1. The lowest BCUT2D eigenvalue weighted by Crippen LogP contribution is -2.26. The van der Waals surface area contributed by atoms with Crippen LogP contribution in [0.5, 0.6) is 0 Å². The molecular formula is C21H18F2N6O4S2. The van der Waals surface area contributed by atoms with Gasteiger partial charge in [-0.1, -0.05) is 0 Å². The zero-order valence-corrected chi connectivity index (χ0v) is 20.2. The van der Waals surface area contributed by atoms with E-state index < -0.39 is 40.7 Å². The van der Waals surface area contributed by atoms with Crippen LogP contribution in [0, 0.1) is 24.0 Å². The second-order valence-corrected chi connectivity index (χ2v) is 9.95. The molecule has 1 atom stereocenters. The maximum absolute atomic E-state index is 13.6. The molecule has 4 aromatic heterocycles. The summed E-state index contributed by atoms with van der Waals surface area (Å²) in [4.78, 5) is 41.4. The average molecular weight is 521 g/mol. The molecule has 1 unspecified atom stereocenters. The number of carbonyl (C=O) groups is 2. The molecule has 0 aliphatic carbocycles. The number of rotatable bonds is 7. The Kier molecular flexibility index (Phi) is 6.34. The van der Waals surface area contributed by atoms with Gasteiger partial charge in [0, 0.05) is 20.7 Å². The number of fused-ring (bicyclic) bond motifs is 1. The minimum absolute atomic E-state index is 0.0445. The lowest BCUT2D eigenvalue weighted by Gasteiger charge is -2.13.